The highest BCUT2D eigenvalue weighted by atomic mass is 19.1. The van der Waals surface area contributed by atoms with Gasteiger partial charge in [-0.1, -0.05) is 44.2 Å². The molecule has 0 unspecified atom stereocenters. The number of carbonyl (C=O) groups is 1. The molecule has 0 radical (unpaired) electrons. The van der Waals surface area contributed by atoms with E-state index >= 15 is 0 Å². The van der Waals surface area contributed by atoms with E-state index in [4.69, 9.17) is 0 Å². The second-order valence-corrected chi connectivity index (χ2v) is 5.68. The zero-order valence-electron chi connectivity index (χ0n) is 12.4. The Balaban J connectivity index is 2.35. The van der Waals surface area contributed by atoms with Crippen LogP contribution in [0.3, 0.4) is 0 Å². The minimum Gasteiger partial charge on any atom is -0.288 e. The van der Waals surface area contributed by atoms with Crippen molar-refractivity contribution in [2.24, 2.45) is 5.92 Å². The molecule has 0 N–H and O–H groups in total. The van der Waals surface area contributed by atoms with Crippen molar-refractivity contribution in [3.63, 3.8) is 0 Å². The lowest BCUT2D eigenvalue weighted by Gasteiger charge is -2.08. The Morgan fingerprint density at radius 3 is 2.24 bits per heavy atom. The van der Waals surface area contributed by atoms with Crippen LogP contribution in [-0.4, -0.2) is 5.78 Å². The summed E-state index contributed by atoms with van der Waals surface area (Å²) >= 11 is 0. The van der Waals surface area contributed by atoms with E-state index < -0.39 is 23.0 Å². The number of benzene rings is 2. The zero-order chi connectivity index (χ0) is 15.6. The number of halogens is 2. The topological polar surface area (TPSA) is 17.1 Å². The van der Waals surface area contributed by atoms with Crippen LogP contribution in [0.15, 0.2) is 36.4 Å². The summed E-state index contributed by atoms with van der Waals surface area (Å²) in [5.41, 5.74) is 1.18. The molecule has 21 heavy (non-hydrogen) atoms. The molecule has 0 fully saturated rings. The van der Waals surface area contributed by atoms with Crippen molar-refractivity contribution in [2.45, 2.75) is 27.2 Å². The van der Waals surface area contributed by atoms with Gasteiger partial charge in [-0.2, -0.15) is 0 Å². The van der Waals surface area contributed by atoms with Crippen LogP contribution in [0.5, 0.6) is 0 Å². The lowest BCUT2D eigenvalue weighted by atomic mass is 9.97. The van der Waals surface area contributed by atoms with Crippen LogP contribution in [0.4, 0.5) is 8.78 Å². The Hall–Kier alpha value is -2.03. The maximum absolute atomic E-state index is 14.0. The summed E-state index contributed by atoms with van der Waals surface area (Å²) in [5.74, 6) is -1.72. The number of rotatable bonds is 4. The van der Waals surface area contributed by atoms with E-state index in [0.717, 1.165) is 18.1 Å². The fraction of sp³-hybridized carbons (Fsp3) is 0.278. The predicted octanol–water partition coefficient (Wildman–Crippen LogP) is 4.70. The van der Waals surface area contributed by atoms with Crippen molar-refractivity contribution < 1.29 is 13.6 Å². The highest BCUT2D eigenvalue weighted by Crippen LogP contribution is 2.20. The quantitative estimate of drug-likeness (QED) is 0.745. The largest absolute Gasteiger partial charge is 0.288 e. The summed E-state index contributed by atoms with van der Waals surface area (Å²) in [7, 11) is 0. The van der Waals surface area contributed by atoms with Crippen molar-refractivity contribution >= 4 is 5.78 Å². The molecule has 3 heteroatoms. The van der Waals surface area contributed by atoms with Gasteiger partial charge >= 0.3 is 0 Å². The third-order valence-corrected chi connectivity index (χ3v) is 3.37. The average Bonchev–Trinajstić information content (AvgIpc) is 2.43. The smallest absolute Gasteiger partial charge is 0.198 e. The standard InChI is InChI=1S/C18H18F2O/c1-11(2)10-13-5-7-14(8-6-13)18(21)16-15(19)9-4-12(3)17(16)20/h4-9,11H,10H2,1-3H3. The highest BCUT2D eigenvalue weighted by Gasteiger charge is 2.20. The van der Waals surface area contributed by atoms with Crippen molar-refractivity contribution in [1.82, 2.24) is 0 Å². The van der Waals surface area contributed by atoms with Crippen LogP contribution in [0.1, 0.15) is 40.9 Å². The Morgan fingerprint density at radius 1 is 1.05 bits per heavy atom. The molecule has 0 spiro atoms. The molecule has 0 aromatic heterocycles. The molecule has 1 nitrogen and oxygen atoms in total. The summed E-state index contributed by atoms with van der Waals surface area (Å²) < 4.78 is 27.7. The van der Waals surface area contributed by atoms with Crippen molar-refractivity contribution in [3.8, 4) is 0 Å². The van der Waals surface area contributed by atoms with Gasteiger partial charge in [0.15, 0.2) is 5.78 Å². The number of aryl methyl sites for hydroxylation is 1. The van der Waals surface area contributed by atoms with Gasteiger partial charge in [0.05, 0.1) is 5.56 Å². The van der Waals surface area contributed by atoms with Gasteiger partial charge in [-0.05, 0) is 36.5 Å². The molecule has 0 aliphatic carbocycles. The average molecular weight is 288 g/mol. The molecule has 0 aliphatic rings. The first-order valence-electron chi connectivity index (χ1n) is 6.98. The SMILES string of the molecule is Cc1ccc(F)c(C(=O)c2ccc(CC(C)C)cc2)c1F. The number of carbonyl (C=O) groups excluding carboxylic acids is 1. The molecule has 0 saturated heterocycles. The molecule has 0 saturated carbocycles. The maximum Gasteiger partial charge on any atom is 0.198 e. The van der Waals surface area contributed by atoms with Crippen LogP contribution in [-0.2, 0) is 6.42 Å². The van der Waals surface area contributed by atoms with Gasteiger partial charge in [0, 0.05) is 5.56 Å². The molecule has 0 bridgehead atoms. The van der Waals surface area contributed by atoms with Gasteiger partial charge in [-0.25, -0.2) is 8.78 Å². The lowest BCUT2D eigenvalue weighted by molar-refractivity contribution is 0.103. The Morgan fingerprint density at radius 2 is 1.67 bits per heavy atom. The Kier molecular flexibility index (Phi) is 4.51. The summed E-state index contributed by atoms with van der Waals surface area (Å²) in [6, 6.07) is 9.37. The fourth-order valence-corrected chi connectivity index (χ4v) is 2.27. The molecule has 0 heterocycles. The lowest BCUT2D eigenvalue weighted by Crippen LogP contribution is -2.09. The zero-order valence-corrected chi connectivity index (χ0v) is 12.4. The van der Waals surface area contributed by atoms with Crippen molar-refractivity contribution in [3.05, 3.63) is 70.3 Å². The van der Waals surface area contributed by atoms with Crippen LogP contribution in [0.2, 0.25) is 0 Å². The van der Waals surface area contributed by atoms with E-state index in [1.54, 1.807) is 12.1 Å². The summed E-state index contributed by atoms with van der Waals surface area (Å²) in [6.45, 7) is 5.73. The Bertz CT molecular complexity index is 658. The maximum atomic E-state index is 14.0. The number of ketones is 1. The third-order valence-electron chi connectivity index (χ3n) is 3.37. The van der Waals surface area contributed by atoms with Gasteiger partial charge in [-0.3, -0.25) is 4.79 Å². The van der Waals surface area contributed by atoms with Crippen LogP contribution in [0, 0.1) is 24.5 Å². The molecule has 2 aromatic carbocycles. The van der Waals surface area contributed by atoms with Crippen LogP contribution in [0.25, 0.3) is 0 Å². The first-order chi connectivity index (χ1) is 9.90. The van der Waals surface area contributed by atoms with Crippen molar-refractivity contribution in [1.29, 1.82) is 0 Å². The summed E-state index contributed by atoms with van der Waals surface area (Å²) in [5, 5.41) is 0. The first-order valence-corrected chi connectivity index (χ1v) is 6.98. The molecular formula is C18H18F2O. The summed E-state index contributed by atoms with van der Waals surface area (Å²) in [6.07, 6.45) is 0.904. The fourth-order valence-electron chi connectivity index (χ4n) is 2.27. The Labute approximate surface area is 123 Å². The monoisotopic (exact) mass is 288 g/mol. The van der Waals surface area contributed by atoms with E-state index in [-0.39, 0.29) is 5.56 Å². The molecule has 110 valence electrons. The molecule has 0 atom stereocenters. The first kappa shape index (κ1) is 15.4. The second kappa shape index (κ2) is 6.17. The van der Waals surface area contributed by atoms with Gasteiger partial charge in [-0.15, -0.1) is 0 Å². The highest BCUT2D eigenvalue weighted by molar-refractivity contribution is 6.09. The van der Waals surface area contributed by atoms with E-state index in [1.165, 1.54) is 13.0 Å². The summed E-state index contributed by atoms with van der Waals surface area (Å²) in [4.78, 5) is 12.3. The predicted molar refractivity (Wildman–Crippen MR) is 79.5 cm³/mol. The molecule has 2 aromatic rings. The molecular weight excluding hydrogens is 270 g/mol. The second-order valence-electron chi connectivity index (χ2n) is 5.68. The number of hydrogen-bond acceptors (Lipinski definition) is 1. The van der Waals surface area contributed by atoms with E-state index in [1.807, 2.05) is 12.1 Å². The van der Waals surface area contributed by atoms with Gasteiger partial charge in [0.1, 0.15) is 11.6 Å². The van der Waals surface area contributed by atoms with Gasteiger partial charge < -0.3 is 0 Å². The van der Waals surface area contributed by atoms with Crippen LogP contribution >= 0.6 is 0 Å². The minimum absolute atomic E-state index is 0.260. The van der Waals surface area contributed by atoms with E-state index in [9.17, 15) is 13.6 Å². The minimum atomic E-state index is -0.825. The normalized spacial score (nSPS) is 11.0. The van der Waals surface area contributed by atoms with Crippen molar-refractivity contribution in [2.75, 3.05) is 0 Å². The van der Waals surface area contributed by atoms with Gasteiger partial charge in [0.25, 0.3) is 0 Å². The molecule has 0 amide bonds. The number of hydrogen-bond donors (Lipinski definition) is 0. The van der Waals surface area contributed by atoms with Gasteiger partial charge in [0.2, 0.25) is 0 Å². The molecule has 2 rings (SSSR count). The third kappa shape index (κ3) is 3.35. The van der Waals surface area contributed by atoms with E-state index in [2.05, 4.69) is 13.8 Å². The van der Waals surface area contributed by atoms with E-state index in [0.29, 0.717) is 11.5 Å². The molecule has 0 aliphatic heterocycles. The van der Waals surface area contributed by atoms with Crippen LogP contribution < -0.4 is 0 Å².